The number of rotatable bonds is 5. The summed E-state index contributed by atoms with van der Waals surface area (Å²) in [6, 6.07) is 1.57. The summed E-state index contributed by atoms with van der Waals surface area (Å²) in [5.74, 6) is -5.17. The number of nitrogens with zero attached hydrogens (tertiary/aromatic N) is 2. The molecule has 3 N–H and O–H groups in total. The van der Waals surface area contributed by atoms with Gasteiger partial charge in [-0.3, -0.25) is 0 Å². The van der Waals surface area contributed by atoms with E-state index in [4.69, 9.17) is 21.7 Å². The largest absolute Gasteiger partial charge is 0.503 e. The number of phenolic OH excluding ortho intramolecular Hbond substituents is 1. The Balaban J connectivity index is 2.05. The van der Waals surface area contributed by atoms with Crippen LogP contribution in [0.5, 0.6) is 5.75 Å². The second-order valence-corrected chi connectivity index (χ2v) is 7.75. The van der Waals surface area contributed by atoms with Crippen molar-refractivity contribution in [1.82, 2.24) is 4.98 Å². The van der Waals surface area contributed by atoms with Gasteiger partial charge in [0.25, 0.3) is 0 Å². The van der Waals surface area contributed by atoms with E-state index in [0.29, 0.717) is 19.0 Å². The Bertz CT molecular complexity index is 1040. The number of alkyl halides is 3. The molecule has 0 bridgehead atoms. The molecule has 1 aromatic carbocycles. The zero-order valence-electron chi connectivity index (χ0n) is 17.1. The Labute approximate surface area is 185 Å². The third-order valence-electron chi connectivity index (χ3n) is 5.14. The monoisotopic (exact) mass is 478 g/mol. The fraction of sp³-hybridized carbons (Fsp3) is 0.400. The summed E-state index contributed by atoms with van der Waals surface area (Å²) in [5, 5.41) is 20.0. The van der Waals surface area contributed by atoms with E-state index in [0.717, 1.165) is 12.8 Å². The molecule has 12 heteroatoms. The molecule has 0 radical (unpaired) electrons. The van der Waals surface area contributed by atoms with Crippen molar-refractivity contribution in [3.05, 3.63) is 40.0 Å². The molecule has 1 fully saturated rings. The molecule has 2 heterocycles. The van der Waals surface area contributed by atoms with Crippen molar-refractivity contribution in [3.63, 3.8) is 0 Å². The number of aromatic hydroxyl groups is 1. The first-order valence-corrected chi connectivity index (χ1v) is 9.91. The van der Waals surface area contributed by atoms with Crippen molar-refractivity contribution in [1.29, 1.82) is 5.41 Å². The van der Waals surface area contributed by atoms with Crippen LogP contribution in [0.2, 0.25) is 5.02 Å². The molecule has 1 aliphatic heterocycles. The first-order chi connectivity index (χ1) is 14.9. The van der Waals surface area contributed by atoms with Crippen molar-refractivity contribution in [3.8, 4) is 5.75 Å². The van der Waals surface area contributed by atoms with Gasteiger partial charge in [-0.1, -0.05) is 11.6 Å². The summed E-state index contributed by atoms with van der Waals surface area (Å²) < 4.78 is 72.7. The van der Waals surface area contributed by atoms with Crippen LogP contribution in [0.25, 0.3) is 0 Å². The quantitative estimate of drug-likeness (QED) is 0.391. The molecule has 0 atom stereocenters. The van der Waals surface area contributed by atoms with Crippen LogP contribution in [0.4, 0.5) is 39.1 Å². The van der Waals surface area contributed by atoms with Gasteiger partial charge in [-0.25, -0.2) is 13.8 Å². The van der Waals surface area contributed by atoms with E-state index >= 15 is 0 Å². The van der Waals surface area contributed by atoms with Crippen molar-refractivity contribution >= 4 is 34.5 Å². The Morgan fingerprint density at radius 3 is 2.41 bits per heavy atom. The average molecular weight is 479 g/mol. The van der Waals surface area contributed by atoms with E-state index in [1.54, 1.807) is 7.05 Å². The minimum absolute atomic E-state index is 0.0000768. The fourth-order valence-corrected chi connectivity index (χ4v) is 3.70. The summed E-state index contributed by atoms with van der Waals surface area (Å²) >= 11 is 6.36. The number of halogens is 6. The molecule has 1 aliphatic rings. The van der Waals surface area contributed by atoms with Gasteiger partial charge in [-0.05, 0) is 31.9 Å². The van der Waals surface area contributed by atoms with E-state index in [1.165, 1.54) is 13.0 Å². The van der Waals surface area contributed by atoms with E-state index in [-0.39, 0.29) is 34.2 Å². The van der Waals surface area contributed by atoms with Gasteiger partial charge in [0.15, 0.2) is 17.4 Å². The molecular weight excluding hydrogens is 459 g/mol. The highest BCUT2D eigenvalue weighted by molar-refractivity contribution is 6.33. The highest BCUT2D eigenvalue weighted by Gasteiger charge is 2.37. The summed E-state index contributed by atoms with van der Waals surface area (Å²) in [6.45, 7) is 2.52. The summed E-state index contributed by atoms with van der Waals surface area (Å²) in [4.78, 5) is 6.20. The zero-order valence-corrected chi connectivity index (χ0v) is 17.8. The fourth-order valence-electron chi connectivity index (χ4n) is 3.42. The maximum Gasteiger partial charge on any atom is 0.419 e. The first-order valence-electron chi connectivity index (χ1n) is 9.53. The summed E-state index contributed by atoms with van der Waals surface area (Å²) in [5.41, 5.74) is -2.84. The van der Waals surface area contributed by atoms with Gasteiger partial charge in [-0.2, -0.15) is 13.2 Å². The average Bonchev–Trinajstić information content (AvgIpc) is 2.73. The predicted molar refractivity (Wildman–Crippen MR) is 110 cm³/mol. The minimum atomic E-state index is -5.17. The van der Waals surface area contributed by atoms with Crippen molar-refractivity contribution in [2.75, 3.05) is 30.5 Å². The molecule has 6 nitrogen and oxygen atoms in total. The molecular formula is C20H20ClF5N4O2. The Kier molecular flexibility index (Phi) is 6.80. The number of ether oxygens (including phenoxy) is 1. The number of benzene rings is 1. The van der Waals surface area contributed by atoms with Gasteiger partial charge >= 0.3 is 6.18 Å². The molecule has 32 heavy (non-hydrogen) atoms. The predicted octanol–water partition coefficient (Wildman–Crippen LogP) is 5.48. The van der Waals surface area contributed by atoms with Gasteiger partial charge in [-0.15, -0.1) is 0 Å². The number of pyridine rings is 1. The number of aromatic nitrogens is 1. The van der Waals surface area contributed by atoms with Crippen LogP contribution in [-0.2, 0) is 10.9 Å². The molecule has 1 saturated heterocycles. The lowest BCUT2D eigenvalue weighted by molar-refractivity contribution is -0.140. The Morgan fingerprint density at radius 1 is 1.22 bits per heavy atom. The third-order valence-corrected chi connectivity index (χ3v) is 5.42. The van der Waals surface area contributed by atoms with Crippen LogP contribution in [-0.4, -0.2) is 42.1 Å². The van der Waals surface area contributed by atoms with E-state index in [1.807, 2.05) is 4.90 Å². The number of hydrogen-bond acceptors (Lipinski definition) is 6. The molecule has 0 saturated carbocycles. The van der Waals surface area contributed by atoms with Crippen molar-refractivity contribution in [2.45, 2.75) is 32.0 Å². The van der Waals surface area contributed by atoms with Crippen LogP contribution >= 0.6 is 11.6 Å². The highest BCUT2D eigenvalue weighted by Crippen LogP contribution is 2.41. The first kappa shape index (κ1) is 24.0. The van der Waals surface area contributed by atoms with Crippen LogP contribution in [0.15, 0.2) is 12.1 Å². The molecule has 0 spiro atoms. The standard InChI is InChI=1S/C20H20ClF5N4O2/c1-9(27)17-14(8-12(21)19(29-17)30(2)10-3-5-32-6-4-10)28-13-7-11(20(24,25)26)15(22)18(31)16(13)23/h7-8,10,27-28,31H,3-6H2,1-2H3. The molecule has 174 valence electrons. The van der Waals surface area contributed by atoms with Crippen molar-refractivity contribution < 1.29 is 31.8 Å². The maximum absolute atomic E-state index is 14.4. The SMILES string of the molecule is CC(=N)c1nc(N(C)C2CCOCC2)c(Cl)cc1Nc1cc(C(F)(F)F)c(F)c(O)c1F. The van der Waals surface area contributed by atoms with Crippen LogP contribution in [0.1, 0.15) is 31.0 Å². The molecule has 2 aromatic rings. The molecule has 0 unspecified atom stereocenters. The van der Waals surface area contributed by atoms with E-state index < -0.39 is 34.8 Å². The van der Waals surface area contributed by atoms with Crippen LogP contribution < -0.4 is 10.2 Å². The maximum atomic E-state index is 14.4. The van der Waals surface area contributed by atoms with E-state index in [2.05, 4.69) is 10.3 Å². The zero-order chi connectivity index (χ0) is 23.8. The Hall–Kier alpha value is -2.66. The van der Waals surface area contributed by atoms with Gasteiger partial charge < -0.3 is 25.5 Å². The summed E-state index contributed by atoms with van der Waals surface area (Å²) in [6.07, 6.45) is -3.71. The number of hydrogen-bond donors (Lipinski definition) is 3. The van der Waals surface area contributed by atoms with Crippen LogP contribution in [0.3, 0.4) is 0 Å². The van der Waals surface area contributed by atoms with E-state index in [9.17, 15) is 27.1 Å². The van der Waals surface area contributed by atoms with Gasteiger partial charge in [0, 0.05) is 26.3 Å². The third kappa shape index (κ3) is 4.73. The van der Waals surface area contributed by atoms with Gasteiger partial charge in [0.1, 0.15) is 11.5 Å². The summed E-state index contributed by atoms with van der Waals surface area (Å²) in [7, 11) is 1.77. The smallest absolute Gasteiger partial charge is 0.419 e. The lowest BCUT2D eigenvalue weighted by Crippen LogP contribution is -2.37. The van der Waals surface area contributed by atoms with Gasteiger partial charge in [0.05, 0.1) is 27.7 Å². The molecule has 0 aliphatic carbocycles. The highest BCUT2D eigenvalue weighted by atomic mass is 35.5. The second-order valence-electron chi connectivity index (χ2n) is 7.34. The van der Waals surface area contributed by atoms with Gasteiger partial charge in [0.2, 0.25) is 0 Å². The number of anilines is 3. The lowest BCUT2D eigenvalue weighted by Gasteiger charge is -2.33. The topological polar surface area (TPSA) is 81.5 Å². The molecule has 3 rings (SSSR count). The minimum Gasteiger partial charge on any atom is -0.503 e. The van der Waals surface area contributed by atoms with Crippen molar-refractivity contribution in [2.24, 2.45) is 0 Å². The molecule has 1 aromatic heterocycles. The normalized spacial score (nSPS) is 15.0. The second kappa shape index (κ2) is 9.07. The number of nitrogens with one attached hydrogen (secondary N) is 2. The molecule has 0 amide bonds. The Morgan fingerprint density at radius 2 is 1.84 bits per heavy atom. The number of phenols is 1. The van der Waals surface area contributed by atoms with Crippen LogP contribution in [0, 0.1) is 17.0 Å². The lowest BCUT2D eigenvalue weighted by atomic mass is 10.1.